The van der Waals surface area contributed by atoms with Crippen LogP contribution in [0.15, 0.2) is 36.4 Å². The number of nitrogens with one attached hydrogen (secondary N) is 1. The normalized spacial score (nSPS) is 14.3. The van der Waals surface area contributed by atoms with Gasteiger partial charge in [0.05, 0.1) is 22.0 Å². The summed E-state index contributed by atoms with van der Waals surface area (Å²) in [6, 6.07) is 8.30. The standard InChI is InChI=1S/C18H18Cl2N2O5S/c1-11(18(23)21-12-3-5-14(19)15(20)9-12)22(28(2,24)25)13-4-6-16-17(10-13)27-8-7-26-16/h3-6,9-11H,7-8H2,1-2H3,(H,21,23)/t11-/m1/s1. The number of anilines is 2. The average molecular weight is 445 g/mol. The van der Waals surface area contributed by atoms with Crippen LogP contribution in [0.25, 0.3) is 0 Å². The highest BCUT2D eigenvalue weighted by atomic mass is 35.5. The smallest absolute Gasteiger partial charge is 0.247 e. The molecular formula is C18H18Cl2N2O5S. The lowest BCUT2D eigenvalue weighted by molar-refractivity contribution is -0.116. The van der Waals surface area contributed by atoms with E-state index in [0.717, 1.165) is 10.6 Å². The third-order valence-electron chi connectivity index (χ3n) is 4.06. The van der Waals surface area contributed by atoms with Crippen molar-refractivity contribution in [1.82, 2.24) is 0 Å². The molecule has 1 aliphatic rings. The molecule has 0 bridgehead atoms. The first-order chi connectivity index (χ1) is 13.2. The van der Waals surface area contributed by atoms with Crippen LogP contribution in [-0.2, 0) is 14.8 Å². The van der Waals surface area contributed by atoms with E-state index < -0.39 is 22.0 Å². The monoisotopic (exact) mass is 444 g/mol. The van der Waals surface area contributed by atoms with Crippen LogP contribution in [0.5, 0.6) is 11.5 Å². The molecule has 1 N–H and O–H groups in total. The summed E-state index contributed by atoms with van der Waals surface area (Å²) in [5.74, 6) is 0.421. The molecule has 1 atom stereocenters. The topological polar surface area (TPSA) is 84.9 Å². The SMILES string of the molecule is C[C@H](C(=O)Nc1ccc(Cl)c(Cl)c1)N(c1ccc2c(c1)OCCO2)S(C)(=O)=O. The van der Waals surface area contributed by atoms with E-state index in [1.54, 1.807) is 30.3 Å². The number of carbonyl (C=O) groups excluding carboxylic acids is 1. The van der Waals surface area contributed by atoms with Gasteiger partial charge in [-0.25, -0.2) is 8.42 Å². The van der Waals surface area contributed by atoms with Crippen molar-refractivity contribution in [3.05, 3.63) is 46.4 Å². The maximum absolute atomic E-state index is 12.7. The third-order valence-corrected chi connectivity index (χ3v) is 6.04. The summed E-state index contributed by atoms with van der Waals surface area (Å²) in [4.78, 5) is 12.7. The number of benzene rings is 2. The van der Waals surface area contributed by atoms with E-state index in [9.17, 15) is 13.2 Å². The second-order valence-electron chi connectivity index (χ2n) is 6.18. The Kier molecular flexibility index (Phi) is 5.92. The molecule has 7 nitrogen and oxygen atoms in total. The zero-order valence-electron chi connectivity index (χ0n) is 15.1. The van der Waals surface area contributed by atoms with Gasteiger partial charge in [-0.2, -0.15) is 0 Å². The molecule has 2 aromatic rings. The maximum atomic E-state index is 12.7. The van der Waals surface area contributed by atoms with Gasteiger partial charge in [0.15, 0.2) is 11.5 Å². The molecule has 0 unspecified atom stereocenters. The van der Waals surface area contributed by atoms with Crippen LogP contribution in [-0.4, -0.2) is 39.8 Å². The summed E-state index contributed by atoms with van der Waals surface area (Å²) in [5, 5.41) is 3.28. The van der Waals surface area contributed by atoms with Gasteiger partial charge in [-0.1, -0.05) is 23.2 Å². The summed E-state index contributed by atoms with van der Waals surface area (Å²) < 4.78 is 36.9. The van der Waals surface area contributed by atoms with Crippen molar-refractivity contribution in [2.75, 3.05) is 29.1 Å². The van der Waals surface area contributed by atoms with Gasteiger partial charge < -0.3 is 14.8 Å². The number of halogens is 2. The maximum Gasteiger partial charge on any atom is 0.247 e. The lowest BCUT2D eigenvalue weighted by Gasteiger charge is -2.29. The van der Waals surface area contributed by atoms with Crippen molar-refractivity contribution < 1.29 is 22.7 Å². The number of sulfonamides is 1. The van der Waals surface area contributed by atoms with Crippen LogP contribution in [0.1, 0.15) is 6.92 Å². The largest absolute Gasteiger partial charge is 0.486 e. The van der Waals surface area contributed by atoms with Crippen LogP contribution in [0, 0.1) is 0 Å². The van der Waals surface area contributed by atoms with Gasteiger partial charge in [0, 0.05) is 11.8 Å². The number of nitrogens with zero attached hydrogens (tertiary/aromatic N) is 1. The van der Waals surface area contributed by atoms with Crippen LogP contribution >= 0.6 is 23.2 Å². The van der Waals surface area contributed by atoms with Crippen molar-refractivity contribution >= 4 is 50.5 Å². The van der Waals surface area contributed by atoms with E-state index in [-0.39, 0.29) is 5.02 Å². The minimum atomic E-state index is -3.77. The van der Waals surface area contributed by atoms with Crippen LogP contribution < -0.4 is 19.1 Å². The van der Waals surface area contributed by atoms with E-state index >= 15 is 0 Å². The quantitative estimate of drug-likeness (QED) is 0.761. The molecule has 28 heavy (non-hydrogen) atoms. The minimum absolute atomic E-state index is 0.277. The third kappa shape index (κ3) is 4.45. The molecule has 10 heteroatoms. The molecule has 0 radical (unpaired) electrons. The number of fused-ring (bicyclic) bond motifs is 1. The lowest BCUT2D eigenvalue weighted by Crippen LogP contribution is -2.45. The van der Waals surface area contributed by atoms with E-state index in [1.807, 2.05) is 0 Å². The molecule has 0 saturated carbocycles. The van der Waals surface area contributed by atoms with E-state index in [0.29, 0.717) is 41.1 Å². The van der Waals surface area contributed by atoms with Gasteiger partial charge in [0.2, 0.25) is 15.9 Å². The highest BCUT2D eigenvalue weighted by Gasteiger charge is 2.30. The molecule has 150 valence electrons. The first kappa shape index (κ1) is 20.6. The van der Waals surface area contributed by atoms with Crippen molar-refractivity contribution in [1.29, 1.82) is 0 Å². The number of carbonyl (C=O) groups is 1. The van der Waals surface area contributed by atoms with Crippen molar-refractivity contribution in [2.24, 2.45) is 0 Å². The number of rotatable bonds is 5. The Morgan fingerprint density at radius 1 is 1.07 bits per heavy atom. The number of hydrogen-bond acceptors (Lipinski definition) is 5. The van der Waals surface area contributed by atoms with E-state index in [2.05, 4.69) is 5.32 Å². The van der Waals surface area contributed by atoms with E-state index in [4.69, 9.17) is 32.7 Å². The summed E-state index contributed by atoms with van der Waals surface area (Å²) in [6.07, 6.45) is 1.03. The fourth-order valence-electron chi connectivity index (χ4n) is 2.80. The summed E-state index contributed by atoms with van der Waals surface area (Å²) >= 11 is 11.8. The van der Waals surface area contributed by atoms with Crippen molar-refractivity contribution in [2.45, 2.75) is 13.0 Å². The first-order valence-electron chi connectivity index (χ1n) is 8.32. The van der Waals surface area contributed by atoms with Gasteiger partial charge in [-0.15, -0.1) is 0 Å². The van der Waals surface area contributed by atoms with E-state index in [1.165, 1.54) is 13.0 Å². The fraction of sp³-hybridized carbons (Fsp3) is 0.278. The Morgan fingerprint density at radius 3 is 2.39 bits per heavy atom. The average Bonchev–Trinajstić information content (AvgIpc) is 2.63. The molecule has 0 fully saturated rings. The predicted molar refractivity (Wildman–Crippen MR) is 109 cm³/mol. The van der Waals surface area contributed by atoms with Gasteiger partial charge in [-0.3, -0.25) is 9.10 Å². The molecule has 1 aliphatic heterocycles. The molecular weight excluding hydrogens is 427 g/mol. The highest BCUT2D eigenvalue weighted by molar-refractivity contribution is 7.92. The fourth-order valence-corrected chi connectivity index (χ4v) is 4.26. The Bertz CT molecular complexity index is 1010. The van der Waals surface area contributed by atoms with Gasteiger partial charge in [-0.05, 0) is 37.3 Å². The Balaban J connectivity index is 1.89. The molecule has 3 rings (SSSR count). The molecule has 1 heterocycles. The Morgan fingerprint density at radius 2 is 1.75 bits per heavy atom. The zero-order chi connectivity index (χ0) is 20.5. The van der Waals surface area contributed by atoms with Crippen LogP contribution in [0.3, 0.4) is 0 Å². The molecule has 0 aliphatic carbocycles. The summed E-state index contributed by atoms with van der Waals surface area (Å²) in [6.45, 7) is 2.28. The second kappa shape index (κ2) is 8.06. The number of ether oxygens (including phenoxy) is 2. The lowest BCUT2D eigenvalue weighted by atomic mass is 10.2. The summed E-state index contributed by atoms with van der Waals surface area (Å²) in [5.41, 5.74) is 0.699. The molecule has 2 aromatic carbocycles. The number of amides is 1. The molecule has 0 spiro atoms. The predicted octanol–water partition coefficient (Wildman–Crippen LogP) is 3.56. The van der Waals surface area contributed by atoms with Crippen LogP contribution in [0.2, 0.25) is 10.0 Å². The van der Waals surface area contributed by atoms with Gasteiger partial charge in [0.25, 0.3) is 0 Å². The Labute approximate surface area is 173 Å². The molecule has 0 saturated heterocycles. The summed E-state index contributed by atoms with van der Waals surface area (Å²) in [7, 11) is -3.77. The van der Waals surface area contributed by atoms with Gasteiger partial charge >= 0.3 is 0 Å². The zero-order valence-corrected chi connectivity index (χ0v) is 17.4. The molecule has 0 aromatic heterocycles. The minimum Gasteiger partial charge on any atom is -0.486 e. The number of hydrogen-bond donors (Lipinski definition) is 1. The second-order valence-corrected chi connectivity index (χ2v) is 8.85. The Hall–Kier alpha value is -2.16. The molecule has 1 amide bonds. The van der Waals surface area contributed by atoms with Gasteiger partial charge in [0.1, 0.15) is 19.3 Å². The van der Waals surface area contributed by atoms with Crippen molar-refractivity contribution in [3.63, 3.8) is 0 Å². The highest BCUT2D eigenvalue weighted by Crippen LogP contribution is 2.35. The first-order valence-corrected chi connectivity index (χ1v) is 10.9. The van der Waals surface area contributed by atoms with Crippen molar-refractivity contribution in [3.8, 4) is 11.5 Å². The van der Waals surface area contributed by atoms with Crippen LogP contribution in [0.4, 0.5) is 11.4 Å².